The van der Waals surface area contributed by atoms with E-state index in [1.54, 1.807) is 18.2 Å². The lowest BCUT2D eigenvalue weighted by Gasteiger charge is -2.12. The first kappa shape index (κ1) is 19.1. The second-order valence-corrected chi connectivity index (χ2v) is 6.38. The van der Waals surface area contributed by atoms with Crippen molar-refractivity contribution in [2.24, 2.45) is 11.8 Å². The van der Waals surface area contributed by atoms with Crippen LogP contribution in [-0.4, -0.2) is 25.6 Å². The van der Waals surface area contributed by atoms with Crippen molar-refractivity contribution in [2.45, 2.75) is 26.7 Å². The van der Waals surface area contributed by atoms with Crippen molar-refractivity contribution in [1.29, 1.82) is 0 Å². The van der Waals surface area contributed by atoms with Crippen LogP contribution in [0.3, 0.4) is 0 Å². The summed E-state index contributed by atoms with van der Waals surface area (Å²) in [5.74, 6) is 1.81. The third kappa shape index (κ3) is 6.86. The van der Waals surface area contributed by atoms with Crippen LogP contribution in [0.4, 0.5) is 5.69 Å². The molecule has 1 aromatic rings. The molecule has 0 spiro atoms. The molecule has 1 aliphatic rings. The van der Waals surface area contributed by atoms with Crippen molar-refractivity contribution in [3.8, 4) is 5.75 Å². The van der Waals surface area contributed by atoms with Crippen LogP contribution in [-0.2, 0) is 4.79 Å². The zero-order valence-corrected chi connectivity index (χ0v) is 14.6. The number of benzene rings is 1. The highest BCUT2D eigenvalue weighted by Gasteiger charge is 2.20. The number of hydrogen-bond donors (Lipinski definition) is 2. The van der Waals surface area contributed by atoms with Crippen molar-refractivity contribution in [3.63, 3.8) is 0 Å². The van der Waals surface area contributed by atoms with Crippen molar-refractivity contribution in [2.75, 3.05) is 25.0 Å². The van der Waals surface area contributed by atoms with Gasteiger partial charge >= 0.3 is 0 Å². The van der Waals surface area contributed by atoms with Crippen molar-refractivity contribution >= 4 is 35.6 Å². The number of nitrogens with one attached hydrogen (secondary N) is 2. The maximum atomic E-state index is 11.8. The van der Waals surface area contributed by atoms with Gasteiger partial charge in [0.15, 0.2) is 0 Å². The SMILES string of the molecule is CC(C)COc1ccc(NC(=O)CNCC2CC2)cc1Cl.Cl. The molecule has 0 bridgehead atoms. The molecule has 1 saturated carbocycles. The fourth-order valence-corrected chi connectivity index (χ4v) is 2.10. The summed E-state index contributed by atoms with van der Waals surface area (Å²) in [6.45, 7) is 6.04. The second-order valence-electron chi connectivity index (χ2n) is 5.97. The van der Waals surface area contributed by atoms with Crippen molar-refractivity contribution < 1.29 is 9.53 Å². The molecule has 124 valence electrons. The molecule has 0 atom stereocenters. The van der Waals surface area contributed by atoms with E-state index in [2.05, 4.69) is 24.5 Å². The van der Waals surface area contributed by atoms with Crippen LogP contribution >= 0.6 is 24.0 Å². The van der Waals surface area contributed by atoms with Gasteiger partial charge in [-0.25, -0.2) is 0 Å². The Morgan fingerprint density at radius 3 is 2.73 bits per heavy atom. The predicted molar refractivity (Wildman–Crippen MR) is 93.3 cm³/mol. The van der Waals surface area contributed by atoms with Gasteiger partial charge in [-0.05, 0) is 49.4 Å². The quantitative estimate of drug-likeness (QED) is 0.753. The van der Waals surface area contributed by atoms with Crippen molar-refractivity contribution in [3.05, 3.63) is 23.2 Å². The third-order valence-corrected chi connectivity index (χ3v) is 3.50. The Morgan fingerprint density at radius 2 is 2.14 bits per heavy atom. The van der Waals surface area contributed by atoms with E-state index in [1.165, 1.54) is 12.8 Å². The zero-order valence-electron chi connectivity index (χ0n) is 13.0. The number of amides is 1. The Hall–Kier alpha value is -0.970. The van der Waals surface area contributed by atoms with Crippen LogP contribution in [0.5, 0.6) is 5.75 Å². The van der Waals surface area contributed by atoms with E-state index in [4.69, 9.17) is 16.3 Å². The second kappa shape index (κ2) is 9.23. The molecule has 0 unspecified atom stereocenters. The summed E-state index contributed by atoms with van der Waals surface area (Å²) in [4.78, 5) is 11.8. The lowest BCUT2D eigenvalue weighted by Crippen LogP contribution is -2.29. The van der Waals surface area contributed by atoms with E-state index in [0.717, 1.165) is 12.5 Å². The normalized spacial score (nSPS) is 13.6. The van der Waals surface area contributed by atoms with E-state index < -0.39 is 0 Å². The molecule has 1 fully saturated rings. The minimum absolute atomic E-state index is 0. The summed E-state index contributed by atoms with van der Waals surface area (Å²) >= 11 is 6.16. The van der Waals surface area contributed by atoms with Gasteiger partial charge in [-0.1, -0.05) is 25.4 Å². The molecule has 2 N–H and O–H groups in total. The van der Waals surface area contributed by atoms with E-state index >= 15 is 0 Å². The molecule has 4 nitrogen and oxygen atoms in total. The smallest absolute Gasteiger partial charge is 0.238 e. The summed E-state index contributed by atoms with van der Waals surface area (Å²) in [6, 6.07) is 5.31. The fourth-order valence-electron chi connectivity index (χ4n) is 1.87. The largest absolute Gasteiger partial charge is 0.492 e. The summed E-state index contributed by atoms with van der Waals surface area (Å²) in [5.41, 5.74) is 0.690. The van der Waals surface area contributed by atoms with Gasteiger partial charge in [0.2, 0.25) is 5.91 Å². The van der Waals surface area contributed by atoms with Crippen LogP contribution in [0.1, 0.15) is 26.7 Å². The molecular formula is C16H24Cl2N2O2. The standard InChI is InChI=1S/C16H23ClN2O2.ClH/c1-11(2)10-21-15-6-5-13(7-14(15)17)19-16(20)9-18-8-12-3-4-12;/h5-7,11-12,18H,3-4,8-10H2,1-2H3,(H,19,20);1H. The summed E-state index contributed by atoms with van der Waals surface area (Å²) < 4.78 is 5.60. The highest BCUT2D eigenvalue weighted by molar-refractivity contribution is 6.32. The Balaban J connectivity index is 0.00000242. The highest BCUT2D eigenvalue weighted by atomic mass is 35.5. The number of anilines is 1. The minimum atomic E-state index is -0.0532. The Morgan fingerprint density at radius 1 is 1.41 bits per heavy atom. The van der Waals surface area contributed by atoms with Gasteiger partial charge in [-0.15, -0.1) is 12.4 Å². The lowest BCUT2D eigenvalue weighted by molar-refractivity contribution is -0.115. The molecule has 1 aliphatic carbocycles. The number of halogens is 2. The Bertz CT molecular complexity index is 491. The average Bonchev–Trinajstić information content (AvgIpc) is 3.21. The number of hydrogen-bond acceptors (Lipinski definition) is 3. The molecule has 1 aromatic carbocycles. The third-order valence-electron chi connectivity index (χ3n) is 3.20. The summed E-state index contributed by atoms with van der Waals surface area (Å²) in [6.07, 6.45) is 2.56. The van der Waals surface area contributed by atoms with Gasteiger partial charge in [0.25, 0.3) is 0 Å². The first-order valence-corrected chi connectivity index (χ1v) is 7.85. The van der Waals surface area contributed by atoms with Gasteiger partial charge in [0.1, 0.15) is 5.75 Å². The fraction of sp³-hybridized carbons (Fsp3) is 0.562. The monoisotopic (exact) mass is 346 g/mol. The van der Waals surface area contributed by atoms with Crippen LogP contribution in [0.25, 0.3) is 0 Å². The van der Waals surface area contributed by atoms with E-state index in [-0.39, 0.29) is 18.3 Å². The Labute approximate surface area is 143 Å². The van der Waals surface area contributed by atoms with Crippen LogP contribution in [0.15, 0.2) is 18.2 Å². The molecule has 0 saturated heterocycles. The Kier molecular flexibility index (Phi) is 8.01. The molecule has 0 radical (unpaired) electrons. The van der Waals surface area contributed by atoms with E-state index in [9.17, 15) is 4.79 Å². The predicted octanol–water partition coefficient (Wildman–Crippen LogP) is 3.73. The molecule has 6 heteroatoms. The van der Waals surface area contributed by atoms with Gasteiger partial charge in [0, 0.05) is 5.69 Å². The lowest BCUT2D eigenvalue weighted by atomic mass is 10.2. The van der Waals surface area contributed by atoms with E-state index in [0.29, 0.717) is 35.5 Å². The maximum Gasteiger partial charge on any atom is 0.238 e. The molecule has 0 aliphatic heterocycles. The summed E-state index contributed by atoms with van der Waals surface area (Å²) in [7, 11) is 0. The number of ether oxygens (including phenoxy) is 1. The van der Waals surface area contributed by atoms with Crippen LogP contribution in [0, 0.1) is 11.8 Å². The first-order valence-electron chi connectivity index (χ1n) is 7.47. The summed E-state index contributed by atoms with van der Waals surface area (Å²) in [5, 5.41) is 6.50. The van der Waals surface area contributed by atoms with Crippen LogP contribution in [0.2, 0.25) is 5.02 Å². The van der Waals surface area contributed by atoms with Gasteiger partial charge in [-0.3, -0.25) is 4.79 Å². The zero-order chi connectivity index (χ0) is 15.2. The van der Waals surface area contributed by atoms with Crippen molar-refractivity contribution in [1.82, 2.24) is 5.32 Å². The minimum Gasteiger partial charge on any atom is -0.492 e. The number of carbonyl (C=O) groups excluding carboxylic acids is 1. The molecule has 1 amide bonds. The average molecular weight is 347 g/mol. The molecule has 0 heterocycles. The van der Waals surface area contributed by atoms with E-state index in [1.807, 2.05) is 0 Å². The number of rotatable bonds is 8. The van der Waals surface area contributed by atoms with Gasteiger partial charge < -0.3 is 15.4 Å². The first-order chi connectivity index (χ1) is 10.0. The molecule has 2 rings (SSSR count). The molecule has 22 heavy (non-hydrogen) atoms. The van der Waals surface area contributed by atoms with Gasteiger partial charge in [-0.2, -0.15) is 0 Å². The number of carbonyl (C=O) groups is 1. The molecule has 0 aromatic heterocycles. The van der Waals surface area contributed by atoms with Gasteiger partial charge in [0.05, 0.1) is 18.2 Å². The maximum absolute atomic E-state index is 11.8. The molecular weight excluding hydrogens is 323 g/mol. The highest BCUT2D eigenvalue weighted by Crippen LogP contribution is 2.28. The van der Waals surface area contributed by atoms with Crippen LogP contribution < -0.4 is 15.4 Å². The topological polar surface area (TPSA) is 50.4 Å².